The molecule has 1 aliphatic rings. The number of amides is 1. The van der Waals surface area contributed by atoms with Gasteiger partial charge in [0.2, 0.25) is 16.8 Å². The number of nitrogens with zero attached hydrogens (tertiary/aromatic N) is 2. The standard InChI is InChI=1S/C21H21N3O5S2/c1-12-7-15(9-19(13(12)2)31(26,27)24(3)4)20(25)23-21-22-16(10-30-21)14-5-6-17-18(8-14)29-11-28-17/h5-10H,11H2,1-4H3,(H,22,23,25). The highest BCUT2D eigenvalue weighted by Crippen LogP contribution is 2.36. The van der Waals surface area contributed by atoms with Crippen molar-refractivity contribution >= 4 is 32.4 Å². The summed E-state index contributed by atoms with van der Waals surface area (Å²) in [4.78, 5) is 17.4. The summed E-state index contributed by atoms with van der Waals surface area (Å²) in [5, 5.41) is 5.00. The molecule has 31 heavy (non-hydrogen) atoms. The van der Waals surface area contributed by atoms with E-state index in [9.17, 15) is 13.2 Å². The van der Waals surface area contributed by atoms with Crippen molar-refractivity contribution in [1.29, 1.82) is 0 Å². The van der Waals surface area contributed by atoms with Crippen LogP contribution in [0.25, 0.3) is 11.3 Å². The Morgan fingerprint density at radius 2 is 1.87 bits per heavy atom. The van der Waals surface area contributed by atoms with E-state index in [1.807, 2.05) is 23.6 Å². The highest BCUT2D eigenvalue weighted by molar-refractivity contribution is 7.89. The predicted molar refractivity (Wildman–Crippen MR) is 118 cm³/mol. The van der Waals surface area contributed by atoms with Crippen molar-refractivity contribution in [2.45, 2.75) is 18.7 Å². The Kier molecular flexibility index (Phi) is 5.46. The lowest BCUT2D eigenvalue weighted by molar-refractivity contribution is 0.102. The molecule has 1 aromatic heterocycles. The van der Waals surface area contributed by atoms with Crippen molar-refractivity contribution in [2.75, 3.05) is 26.2 Å². The molecule has 1 amide bonds. The lowest BCUT2D eigenvalue weighted by Gasteiger charge is -2.16. The Hall–Kier alpha value is -2.95. The molecule has 0 aliphatic carbocycles. The molecule has 0 fully saturated rings. The molecule has 3 aromatic rings. The molecule has 0 atom stereocenters. The van der Waals surface area contributed by atoms with Crippen molar-refractivity contribution in [3.63, 3.8) is 0 Å². The van der Waals surface area contributed by atoms with Crippen LogP contribution >= 0.6 is 11.3 Å². The number of rotatable bonds is 5. The van der Waals surface area contributed by atoms with Gasteiger partial charge < -0.3 is 9.47 Å². The van der Waals surface area contributed by atoms with Gasteiger partial charge in [0.1, 0.15) is 0 Å². The molecule has 0 radical (unpaired) electrons. The van der Waals surface area contributed by atoms with Crippen molar-refractivity contribution in [3.05, 3.63) is 52.4 Å². The molecule has 10 heteroatoms. The molecule has 0 bridgehead atoms. The zero-order valence-electron chi connectivity index (χ0n) is 17.4. The van der Waals surface area contributed by atoms with Gasteiger partial charge in [-0.3, -0.25) is 10.1 Å². The van der Waals surface area contributed by atoms with Crippen molar-refractivity contribution in [2.24, 2.45) is 0 Å². The molecule has 2 aromatic carbocycles. The van der Waals surface area contributed by atoms with Crippen LogP contribution in [-0.4, -0.2) is 44.5 Å². The van der Waals surface area contributed by atoms with Gasteiger partial charge in [-0.25, -0.2) is 17.7 Å². The fourth-order valence-electron chi connectivity index (χ4n) is 3.11. The zero-order chi connectivity index (χ0) is 22.3. The quantitative estimate of drug-likeness (QED) is 0.625. The van der Waals surface area contributed by atoms with Gasteiger partial charge in [0.25, 0.3) is 5.91 Å². The van der Waals surface area contributed by atoms with Crippen LogP contribution in [0.1, 0.15) is 21.5 Å². The summed E-state index contributed by atoms with van der Waals surface area (Å²) in [6.45, 7) is 3.70. The van der Waals surface area contributed by atoms with E-state index in [0.29, 0.717) is 33.5 Å². The molecule has 1 aliphatic heterocycles. The summed E-state index contributed by atoms with van der Waals surface area (Å²) in [5.41, 5.74) is 3.11. The van der Waals surface area contributed by atoms with E-state index in [1.54, 1.807) is 19.9 Å². The number of nitrogens with one attached hydrogen (secondary N) is 1. The number of carbonyl (C=O) groups is 1. The number of benzene rings is 2. The maximum absolute atomic E-state index is 12.8. The Balaban J connectivity index is 1.59. The van der Waals surface area contributed by atoms with Crippen molar-refractivity contribution in [3.8, 4) is 22.8 Å². The molecule has 0 saturated carbocycles. The fourth-order valence-corrected chi connectivity index (χ4v) is 5.04. The number of hydrogen-bond acceptors (Lipinski definition) is 7. The number of sulfonamides is 1. The lowest BCUT2D eigenvalue weighted by atomic mass is 10.1. The summed E-state index contributed by atoms with van der Waals surface area (Å²) < 4.78 is 37.1. The third-order valence-electron chi connectivity index (χ3n) is 5.03. The largest absolute Gasteiger partial charge is 0.454 e. The first-order valence-corrected chi connectivity index (χ1v) is 11.7. The van der Waals surface area contributed by atoms with Crippen molar-refractivity contribution < 1.29 is 22.7 Å². The number of thiazole rings is 1. The topological polar surface area (TPSA) is 97.8 Å². The number of fused-ring (bicyclic) bond motifs is 1. The van der Waals surface area contributed by atoms with Gasteiger partial charge in [-0.05, 0) is 55.3 Å². The predicted octanol–water partition coefficient (Wildman–Crippen LogP) is 3.66. The summed E-state index contributed by atoms with van der Waals surface area (Å²) in [6.07, 6.45) is 0. The summed E-state index contributed by atoms with van der Waals surface area (Å²) in [6, 6.07) is 8.60. The minimum absolute atomic E-state index is 0.114. The van der Waals surface area contributed by atoms with Crippen molar-refractivity contribution in [1.82, 2.24) is 9.29 Å². The van der Waals surface area contributed by atoms with Gasteiger partial charge >= 0.3 is 0 Å². The van der Waals surface area contributed by atoms with Gasteiger partial charge in [-0.2, -0.15) is 0 Å². The van der Waals surface area contributed by atoms with Crippen LogP contribution < -0.4 is 14.8 Å². The second kappa shape index (κ2) is 7.95. The van der Waals surface area contributed by atoms with Crippen LogP contribution in [-0.2, 0) is 10.0 Å². The highest BCUT2D eigenvalue weighted by atomic mass is 32.2. The summed E-state index contributed by atoms with van der Waals surface area (Å²) >= 11 is 1.28. The Bertz CT molecular complexity index is 1280. The number of aryl methyl sites for hydroxylation is 1. The second-order valence-corrected chi connectivity index (χ2v) is 10.2. The monoisotopic (exact) mass is 459 g/mol. The molecule has 0 saturated heterocycles. The number of hydrogen-bond donors (Lipinski definition) is 1. The van der Waals surface area contributed by atoms with Crippen LogP contribution in [0.5, 0.6) is 11.5 Å². The summed E-state index contributed by atoms with van der Waals surface area (Å²) in [5.74, 6) is 0.913. The molecule has 4 rings (SSSR count). The van der Waals surface area contributed by atoms with Gasteiger partial charge in [0, 0.05) is 30.6 Å². The first-order valence-electron chi connectivity index (χ1n) is 9.37. The van der Waals surface area contributed by atoms with E-state index in [0.717, 1.165) is 9.87 Å². The van der Waals surface area contributed by atoms with Gasteiger partial charge in [-0.15, -0.1) is 11.3 Å². The Morgan fingerprint density at radius 3 is 2.61 bits per heavy atom. The molecule has 2 heterocycles. The molecule has 8 nitrogen and oxygen atoms in total. The average molecular weight is 460 g/mol. The number of ether oxygens (including phenoxy) is 2. The van der Waals surface area contributed by atoms with Gasteiger partial charge in [0.15, 0.2) is 16.6 Å². The Morgan fingerprint density at radius 1 is 1.13 bits per heavy atom. The maximum Gasteiger partial charge on any atom is 0.257 e. The lowest BCUT2D eigenvalue weighted by Crippen LogP contribution is -2.24. The minimum atomic E-state index is -3.68. The van der Waals surface area contributed by atoms with Crippen LogP contribution in [0.2, 0.25) is 0 Å². The van der Waals surface area contributed by atoms with E-state index in [4.69, 9.17) is 9.47 Å². The SMILES string of the molecule is Cc1cc(C(=O)Nc2nc(-c3ccc4c(c3)OCO4)cs2)cc(S(=O)(=O)N(C)C)c1C. The first-order chi connectivity index (χ1) is 14.7. The van der Waals surface area contributed by atoms with Crippen LogP contribution in [0.15, 0.2) is 40.6 Å². The maximum atomic E-state index is 12.8. The van der Waals surface area contributed by atoms with E-state index in [2.05, 4.69) is 10.3 Å². The minimum Gasteiger partial charge on any atom is -0.454 e. The number of aromatic nitrogens is 1. The van der Waals surface area contributed by atoms with Crippen LogP contribution in [0.4, 0.5) is 5.13 Å². The van der Waals surface area contributed by atoms with E-state index in [1.165, 1.54) is 31.5 Å². The first kappa shape index (κ1) is 21.3. The normalized spacial score (nSPS) is 12.9. The second-order valence-electron chi connectivity index (χ2n) is 7.26. The molecule has 0 unspecified atom stereocenters. The number of anilines is 1. The fraction of sp³-hybridized carbons (Fsp3) is 0.238. The zero-order valence-corrected chi connectivity index (χ0v) is 19.1. The van der Waals surface area contributed by atoms with Gasteiger partial charge in [0.05, 0.1) is 10.6 Å². The van der Waals surface area contributed by atoms with E-state index in [-0.39, 0.29) is 17.3 Å². The third kappa shape index (κ3) is 4.01. The average Bonchev–Trinajstić information content (AvgIpc) is 3.38. The van der Waals surface area contributed by atoms with Crippen LogP contribution in [0, 0.1) is 13.8 Å². The molecular weight excluding hydrogens is 438 g/mol. The van der Waals surface area contributed by atoms with E-state index < -0.39 is 15.9 Å². The molecule has 1 N–H and O–H groups in total. The Labute approximate surface area is 184 Å². The summed E-state index contributed by atoms with van der Waals surface area (Å²) in [7, 11) is -0.753. The molecule has 0 spiro atoms. The van der Waals surface area contributed by atoms with Gasteiger partial charge in [-0.1, -0.05) is 0 Å². The highest BCUT2D eigenvalue weighted by Gasteiger charge is 2.23. The molecule has 162 valence electrons. The number of carbonyl (C=O) groups excluding carboxylic acids is 1. The van der Waals surface area contributed by atoms with E-state index >= 15 is 0 Å². The molecular formula is C21H21N3O5S2. The van der Waals surface area contributed by atoms with Crippen LogP contribution in [0.3, 0.4) is 0 Å². The third-order valence-corrected chi connectivity index (χ3v) is 7.73. The smallest absolute Gasteiger partial charge is 0.257 e.